The minimum Gasteiger partial charge on any atom is -0.456 e. The number of aryl methyl sites for hydroxylation is 1. The molecule has 1 aliphatic rings. The third kappa shape index (κ3) is 2.59. The van der Waals surface area contributed by atoms with Crippen LogP contribution in [0.3, 0.4) is 0 Å². The van der Waals surface area contributed by atoms with Crippen LogP contribution in [0.1, 0.15) is 43.1 Å². The highest BCUT2D eigenvalue weighted by molar-refractivity contribution is 6.10. The second kappa shape index (κ2) is 4.78. The maximum Gasteiger partial charge on any atom is 0.340 e. The van der Waals surface area contributed by atoms with Gasteiger partial charge >= 0.3 is 5.97 Å². The van der Waals surface area contributed by atoms with Crippen molar-refractivity contribution in [2.45, 2.75) is 39.7 Å². The van der Waals surface area contributed by atoms with Crippen LogP contribution in [-0.4, -0.2) is 17.5 Å². The van der Waals surface area contributed by atoms with Gasteiger partial charge in [-0.3, -0.25) is 9.69 Å². The van der Waals surface area contributed by atoms with Crippen molar-refractivity contribution in [3.63, 3.8) is 0 Å². The zero-order valence-electron chi connectivity index (χ0n) is 12.3. The molecule has 0 aliphatic carbocycles. The number of ether oxygens (including phenoxy) is 1. The first-order valence-electron chi connectivity index (χ1n) is 6.54. The molecule has 0 unspecified atom stereocenters. The highest BCUT2D eigenvalue weighted by Gasteiger charge is 2.34. The van der Waals surface area contributed by atoms with Crippen LogP contribution in [0.4, 0.5) is 5.69 Å². The number of benzene rings is 1. The van der Waals surface area contributed by atoms with E-state index in [4.69, 9.17) is 4.74 Å². The number of rotatable bonds is 2. The van der Waals surface area contributed by atoms with E-state index in [1.54, 1.807) is 12.1 Å². The van der Waals surface area contributed by atoms with Gasteiger partial charge in [0.25, 0.3) is 0 Å². The average Bonchev–Trinajstić information content (AvgIpc) is 2.29. The third-order valence-electron chi connectivity index (χ3n) is 3.00. The van der Waals surface area contributed by atoms with E-state index >= 15 is 0 Å². The van der Waals surface area contributed by atoms with Gasteiger partial charge in [-0.1, -0.05) is 18.7 Å². The van der Waals surface area contributed by atoms with Crippen molar-refractivity contribution in [1.82, 2.24) is 0 Å². The Morgan fingerprint density at radius 1 is 1.35 bits per heavy atom. The maximum atomic E-state index is 12.3. The molecule has 106 valence electrons. The molecule has 0 radical (unpaired) electrons. The molecule has 0 aromatic heterocycles. The predicted molar refractivity (Wildman–Crippen MR) is 77.6 cm³/mol. The van der Waals surface area contributed by atoms with Crippen molar-refractivity contribution in [2.75, 3.05) is 4.90 Å². The van der Waals surface area contributed by atoms with Crippen molar-refractivity contribution in [3.8, 4) is 0 Å². The van der Waals surface area contributed by atoms with Gasteiger partial charge in [0.1, 0.15) is 5.60 Å². The Kier molecular flexibility index (Phi) is 3.42. The zero-order valence-corrected chi connectivity index (χ0v) is 12.3. The first-order valence-corrected chi connectivity index (χ1v) is 6.54. The molecule has 0 saturated carbocycles. The van der Waals surface area contributed by atoms with Crippen LogP contribution < -0.4 is 4.90 Å². The molecule has 4 nitrogen and oxygen atoms in total. The van der Waals surface area contributed by atoms with E-state index in [9.17, 15) is 9.59 Å². The lowest BCUT2D eigenvalue weighted by Crippen LogP contribution is -2.42. The summed E-state index contributed by atoms with van der Waals surface area (Å²) in [7, 11) is 0. The Hall–Kier alpha value is -2.10. The first kappa shape index (κ1) is 14.3. The van der Waals surface area contributed by atoms with Crippen LogP contribution in [0.2, 0.25) is 0 Å². The minimum absolute atomic E-state index is 0.0471. The molecular formula is C16H19NO3. The summed E-state index contributed by atoms with van der Waals surface area (Å²) in [6, 6.07) is 5.32. The molecule has 0 spiro atoms. The van der Waals surface area contributed by atoms with Crippen LogP contribution in [0.25, 0.3) is 0 Å². The molecule has 20 heavy (non-hydrogen) atoms. The Balaban J connectivity index is 2.44. The SMILES string of the molecule is C=C1CC(=O)N1c1c(C)cccc1C(=O)OC(C)(C)C. The van der Waals surface area contributed by atoms with E-state index in [2.05, 4.69) is 6.58 Å². The second-order valence-corrected chi connectivity index (χ2v) is 5.95. The van der Waals surface area contributed by atoms with Crippen molar-refractivity contribution in [2.24, 2.45) is 0 Å². The van der Waals surface area contributed by atoms with Crippen LogP contribution >= 0.6 is 0 Å². The normalized spacial score (nSPS) is 15.1. The largest absolute Gasteiger partial charge is 0.456 e. The van der Waals surface area contributed by atoms with Gasteiger partial charge in [-0.25, -0.2) is 4.79 Å². The quantitative estimate of drug-likeness (QED) is 0.614. The van der Waals surface area contributed by atoms with Crippen LogP contribution in [0.5, 0.6) is 0 Å². The Morgan fingerprint density at radius 3 is 2.50 bits per heavy atom. The van der Waals surface area contributed by atoms with Gasteiger partial charge in [0.15, 0.2) is 0 Å². The highest BCUT2D eigenvalue weighted by Crippen LogP contribution is 2.35. The molecule has 2 rings (SSSR count). The van der Waals surface area contributed by atoms with Gasteiger partial charge in [0.2, 0.25) is 5.91 Å². The predicted octanol–water partition coefficient (Wildman–Crippen LogP) is 3.20. The van der Waals surface area contributed by atoms with Crippen molar-refractivity contribution < 1.29 is 14.3 Å². The number of amides is 1. The summed E-state index contributed by atoms with van der Waals surface area (Å²) in [6.45, 7) is 11.1. The number of carbonyl (C=O) groups excluding carboxylic acids is 2. The van der Waals surface area contributed by atoms with Crippen LogP contribution in [0.15, 0.2) is 30.5 Å². The number of hydrogen-bond donors (Lipinski definition) is 0. The molecule has 0 atom stereocenters. The van der Waals surface area contributed by atoms with E-state index in [0.717, 1.165) is 5.56 Å². The average molecular weight is 273 g/mol. The lowest BCUT2D eigenvalue weighted by molar-refractivity contribution is -0.120. The number of esters is 1. The van der Waals surface area contributed by atoms with E-state index in [1.165, 1.54) is 4.90 Å². The number of nitrogens with zero attached hydrogens (tertiary/aromatic N) is 1. The van der Waals surface area contributed by atoms with Crippen molar-refractivity contribution in [1.29, 1.82) is 0 Å². The maximum absolute atomic E-state index is 12.3. The van der Waals surface area contributed by atoms with Gasteiger partial charge in [-0.2, -0.15) is 0 Å². The monoisotopic (exact) mass is 273 g/mol. The number of carbonyl (C=O) groups is 2. The Bertz CT molecular complexity index is 582. The summed E-state index contributed by atoms with van der Waals surface area (Å²) >= 11 is 0. The van der Waals surface area contributed by atoms with Crippen molar-refractivity contribution in [3.05, 3.63) is 41.6 Å². The Morgan fingerprint density at radius 2 is 2.00 bits per heavy atom. The smallest absolute Gasteiger partial charge is 0.340 e. The molecular weight excluding hydrogens is 254 g/mol. The summed E-state index contributed by atoms with van der Waals surface area (Å²) < 4.78 is 5.40. The highest BCUT2D eigenvalue weighted by atomic mass is 16.6. The van der Waals surface area contributed by atoms with E-state index < -0.39 is 11.6 Å². The second-order valence-electron chi connectivity index (χ2n) is 5.95. The Labute approximate surface area is 119 Å². The summed E-state index contributed by atoms with van der Waals surface area (Å²) in [5.74, 6) is -0.474. The van der Waals surface area contributed by atoms with Gasteiger partial charge in [-0.05, 0) is 39.3 Å². The first-order chi connectivity index (χ1) is 9.20. The summed E-state index contributed by atoms with van der Waals surface area (Å²) in [4.78, 5) is 25.6. The van der Waals surface area contributed by atoms with E-state index in [-0.39, 0.29) is 5.91 Å². The van der Waals surface area contributed by atoms with Gasteiger partial charge in [-0.15, -0.1) is 0 Å². The van der Waals surface area contributed by atoms with Gasteiger partial charge in [0, 0.05) is 5.70 Å². The van der Waals surface area contributed by atoms with Gasteiger partial charge < -0.3 is 4.74 Å². The van der Waals surface area contributed by atoms with E-state index in [0.29, 0.717) is 23.4 Å². The molecule has 0 bridgehead atoms. The van der Waals surface area contributed by atoms with Crippen molar-refractivity contribution >= 4 is 17.6 Å². The molecule has 1 fully saturated rings. The molecule has 1 amide bonds. The topological polar surface area (TPSA) is 46.6 Å². The molecule has 1 heterocycles. The standard InChI is InChI=1S/C16H19NO3/c1-10-7-6-8-12(15(19)20-16(3,4)5)14(10)17-11(2)9-13(17)18/h6-8H,2,9H2,1,3-5H3. The number of anilines is 1. The fourth-order valence-corrected chi connectivity index (χ4v) is 2.15. The number of para-hydroxylation sites is 1. The zero-order chi connectivity index (χ0) is 15.1. The minimum atomic E-state index is -0.575. The molecule has 1 saturated heterocycles. The number of hydrogen-bond acceptors (Lipinski definition) is 3. The summed E-state index contributed by atoms with van der Waals surface area (Å²) in [5, 5.41) is 0. The molecule has 1 aromatic carbocycles. The lowest BCUT2D eigenvalue weighted by atomic mass is 10.0. The lowest BCUT2D eigenvalue weighted by Gasteiger charge is -2.35. The summed E-state index contributed by atoms with van der Waals surface area (Å²) in [6.07, 6.45) is 0.335. The van der Waals surface area contributed by atoms with Crippen LogP contribution in [-0.2, 0) is 9.53 Å². The van der Waals surface area contributed by atoms with Gasteiger partial charge in [0.05, 0.1) is 17.7 Å². The molecule has 4 heteroatoms. The van der Waals surface area contributed by atoms with Crippen LogP contribution in [0, 0.1) is 6.92 Å². The molecule has 0 N–H and O–H groups in total. The fourth-order valence-electron chi connectivity index (χ4n) is 2.15. The fraction of sp³-hybridized carbons (Fsp3) is 0.375. The summed E-state index contributed by atoms with van der Waals surface area (Å²) in [5.41, 5.74) is 1.96. The molecule has 1 aliphatic heterocycles. The molecule has 1 aromatic rings. The third-order valence-corrected chi connectivity index (χ3v) is 3.00. The number of β-lactam (4-membered cyclic amide) rings is 1. The van der Waals surface area contributed by atoms with E-state index in [1.807, 2.05) is 33.8 Å².